The summed E-state index contributed by atoms with van der Waals surface area (Å²) in [6, 6.07) is 8.03. The quantitative estimate of drug-likeness (QED) is 0.770. The van der Waals surface area contributed by atoms with Gasteiger partial charge < -0.3 is 4.74 Å². The topological polar surface area (TPSA) is 26.3 Å². The van der Waals surface area contributed by atoms with Crippen molar-refractivity contribution in [2.24, 2.45) is 0 Å². The zero-order valence-electron chi connectivity index (χ0n) is 9.61. The number of carbonyl (C=O) groups is 1. The summed E-state index contributed by atoms with van der Waals surface area (Å²) in [4.78, 5) is 10.5. The van der Waals surface area contributed by atoms with Gasteiger partial charge in [0.1, 0.15) is 17.9 Å². The van der Waals surface area contributed by atoms with Crippen molar-refractivity contribution in [1.29, 1.82) is 0 Å². The standard InChI is InChI=1S/C14H10F2O2/c1-9-6-11(3-4-12(9)15)18-14-5-2-10(8-17)7-13(14)16/h2-8H,1H3. The van der Waals surface area contributed by atoms with Crippen molar-refractivity contribution in [3.8, 4) is 11.5 Å². The average molecular weight is 248 g/mol. The van der Waals surface area contributed by atoms with Gasteiger partial charge >= 0.3 is 0 Å². The smallest absolute Gasteiger partial charge is 0.166 e. The summed E-state index contributed by atoms with van der Waals surface area (Å²) < 4.78 is 31.9. The number of halogens is 2. The Balaban J connectivity index is 2.28. The highest BCUT2D eigenvalue weighted by molar-refractivity contribution is 5.75. The molecule has 2 aromatic carbocycles. The predicted molar refractivity (Wildman–Crippen MR) is 63.0 cm³/mol. The van der Waals surface area contributed by atoms with Crippen molar-refractivity contribution in [1.82, 2.24) is 0 Å². The second kappa shape index (κ2) is 4.96. The van der Waals surface area contributed by atoms with Crippen molar-refractivity contribution in [3.05, 3.63) is 59.2 Å². The van der Waals surface area contributed by atoms with E-state index in [0.717, 1.165) is 6.07 Å². The third kappa shape index (κ3) is 2.53. The molecule has 0 unspecified atom stereocenters. The number of ether oxygens (including phenoxy) is 1. The van der Waals surface area contributed by atoms with Gasteiger partial charge in [0, 0.05) is 5.56 Å². The van der Waals surface area contributed by atoms with Crippen LogP contribution in [0.1, 0.15) is 15.9 Å². The molecule has 0 N–H and O–H groups in total. The highest BCUT2D eigenvalue weighted by Gasteiger charge is 2.07. The zero-order chi connectivity index (χ0) is 13.1. The van der Waals surface area contributed by atoms with E-state index in [1.54, 1.807) is 6.92 Å². The second-order valence-corrected chi connectivity index (χ2v) is 3.82. The van der Waals surface area contributed by atoms with E-state index in [4.69, 9.17) is 4.74 Å². The molecule has 0 radical (unpaired) electrons. The maximum Gasteiger partial charge on any atom is 0.166 e. The molecule has 0 aliphatic carbocycles. The van der Waals surface area contributed by atoms with Gasteiger partial charge in [-0.1, -0.05) is 0 Å². The summed E-state index contributed by atoms with van der Waals surface area (Å²) in [5.74, 6) is -0.654. The normalized spacial score (nSPS) is 10.2. The van der Waals surface area contributed by atoms with Gasteiger partial charge in [-0.15, -0.1) is 0 Å². The van der Waals surface area contributed by atoms with Crippen LogP contribution in [0.15, 0.2) is 36.4 Å². The van der Waals surface area contributed by atoms with Gasteiger partial charge in [-0.05, 0) is 48.9 Å². The van der Waals surface area contributed by atoms with Crippen molar-refractivity contribution < 1.29 is 18.3 Å². The zero-order valence-corrected chi connectivity index (χ0v) is 9.61. The molecule has 0 saturated heterocycles. The molecule has 0 spiro atoms. The molecule has 92 valence electrons. The first-order valence-corrected chi connectivity index (χ1v) is 5.29. The van der Waals surface area contributed by atoms with Crippen molar-refractivity contribution in [2.75, 3.05) is 0 Å². The summed E-state index contributed by atoms with van der Waals surface area (Å²) in [5.41, 5.74) is 0.646. The molecule has 0 aromatic heterocycles. The highest BCUT2D eigenvalue weighted by atomic mass is 19.1. The van der Waals surface area contributed by atoms with Gasteiger partial charge in [0.05, 0.1) is 0 Å². The fraction of sp³-hybridized carbons (Fsp3) is 0.0714. The Morgan fingerprint density at radius 1 is 1.06 bits per heavy atom. The Bertz CT molecular complexity index is 594. The van der Waals surface area contributed by atoms with Crippen LogP contribution in [0.5, 0.6) is 11.5 Å². The highest BCUT2D eigenvalue weighted by Crippen LogP contribution is 2.26. The van der Waals surface area contributed by atoms with Crippen LogP contribution in [-0.2, 0) is 0 Å². The lowest BCUT2D eigenvalue weighted by Crippen LogP contribution is -1.91. The monoisotopic (exact) mass is 248 g/mol. The maximum absolute atomic E-state index is 13.5. The van der Waals surface area contributed by atoms with Crippen LogP contribution in [0.3, 0.4) is 0 Å². The van der Waals surface area contributed by atoms with Gasteiger partial charge in [-0.25, -0.2) is 8.78 Å². The second-order valence-electron chi connectivity index (χ2n) is 3.82. The summed E-state index contributed by atoms with van der Waals surface area (Å²) in [7, 11) is 0. The van der Waals surface area contributed by atoms with Crippen LogP contribution in [0.2, 0.25) is 0 Å². The van der Waals surface area contributed by atoms with Crippen LogP contribution in [-0.4, -0.2) is 6.29 Å². The minimum absolute atomic E-state index is 0.00777. The number of carbonyl (C=O) groups excluding carboxylic acids is 1. The third-order valence-corrected chi connectivity index (χ3v) is 2.45. The van der Waals surface area contributed by atoms with Crippen LogP contribution in [0.4, 0.5) is 8.78 Å². The molecule has 0 amide bonds. The fourth-order valence-corrected chi connectivity index (χ4v) is 1.48. The number of hydrogen-bond donors (Lipinski definition) is 0. The van der Waals surface area contributed by atoms with Crippen LogP contribution < -0.4 is 4.74 Å². The Labute approximate surface area is 103 Å². The molecule has 4 heteroatoms. The van der Waals surface area contributed by atoms with E-state index in [2.05, 4.69) is 0 Å². The number of benzene rings is 2. The Morgan fingerprint density at radius 3 is 2.44 bits per heavy atom. The lowest BCUT2D eigenvalue weighted by atomic mass is 10.2. The fourth-order valence-electron chi connectivity index (χ4n) is 1.48. The molecule has 0 saturated carbocycles. The van der Waals surface area contributed by atoms with E-state index < -0.39 is 5.82 Å². The Morgan fingerprint density at radius 2 is 1.83 bits per heavy atom. The molecule has 0 bridgehead atoms. The third-order valence-electron chi connectivity index (χ3n) is 2.45. The van der Waals surface area contributed by atoms with E-state index in [0.29, 0.717) is 17.6 Å². The molecule has 2 aromatic rings. The molecular weight excluding hydrogens is 238 g/mol. The number of aldehydes is 1. The number of rotatable bonds is 3. The van der Waals surface area contributed by atoms with Crippen LogP contribution in [0.25, 0.3) is 0 Å². The van der Waals surface area contributed by atoms with Gasteiger partial charge in [0.2, 0.25) is 0 Å². The molecule has 0 aliphatic rings. The van der Waals surface area contributed by atoms with Crippen molar-refractivity contribution >= 4 is 6.29 Å². The van der Waals surface area contributed by atoms with Crippen molar-refractivity contribution in [3.63, 3.8) is 0 Å². The lowest BCUT2D eigenvalue weighted by molar-refractivity contribution is 0.112. The molecule has 18 heavy (non-hydrogen) atoms. The van der Waals surface area contributed by atoms with Crippen LogP contribution >= 0.6 is 0 Å². The Kier molecular flexibility index (Phi) is 3.37. The SMILES string of the molecule is Cc1cc(Oc2ccc(C=O)cc2F)ccc1F. The van der Waals surface area contributed by atoms with E-state index in [-0.39, 0.29) is 17.1 Å². The first-order chi connectivity index (χ1) is 8.60. The van der Waals surface area contributed by atoms with Gasteiger partial charge in [-0.3, -0.25) is 4.79 Å². The summed E-state index contributed by atoms with van der Waals surface area (Å²) in [6.07, 6.45) is 0.550. The molecule has 2 rings (SSSR count). The largest absolute Gasteiger partial charge is 0.454 e. The molecule has 0 aliphatic heterocycles. The first kappa shape index (κ1) is 12.2. The van der Waals surface area contributed by atoms with Gasteiger partial charge in [0.25, 0.3) is 0 Å². The molecule has 0 heterocycles. The van der Waals surface area contributed by atoms with Crippen molar-refractivity contribution in [2.45, 2.75) is 6.92 Å². The molecule has 0 fully saturated rings. The number of hydrogen-bond acceptors (Lipinski definition) is 2. The lowest BCUT2D eigenvalue weighted by Gasteiger charge is -2.08. The summed E-state index contributed by atoms with van der Waals surface area (Å²) >= 11 is 0. The van der Waals surface area contributed by atoms with E-state index in [1.807, 2.05) is 0 Å². The summed E-state index contributed by atoms with van der Waals surface area (Å²) in [6.45, 7) is 1.59. The summed E-state index contributed by atoms with van der Waals surface area (Å²) in [5, 5.41) is 0. The molecule has 0 atom stereocenters. The average Bonchev–Trinajstić information content (AvgIpc) is 2.36. The first-order valence-electron chi connectivity index (χ1n) is 5.29. The van der Waals surface area contributed by atoms with Gasteiger partial charge in [0.15, 0.2) is 11.6 Å². The van der Waals surface area contributed by atoms with E-state index >= 15 is 0 Å². The molecular formula is C14H10F2O2. The minimum atomic E-state index is -0.637. The van der Waals surface area contributed by atoms with E-state index in [9.17, 15) is 13.6 Å². The molecule has 2 nitrogen and oxygen atoms in total. The van der Waals surface area contributed by atoms with E-state index in [1.165, 1.54) is 30.3 Å². The minimum Gasteiger partial charge on any atom is -0.454 e. The number of aryl methyl sites for hydroxylation is 1. The Hall–Kier alpha value is -2.23. The van der Waals surface area contributed by atoms with Crippen LogP contribution in [0, 0.1) is 18.6 Å². The van der Waals surface area contributed by atoms with Gasteiger partial charge in [-0.2, -0.15) is 0 Å². The predicted octanol–water partition coefficient (Wildman–Crippen LogP) is 3.88. The maximum atomic E-state index is 13.5.